The molecule has 0 unspecified atom stereocenters. The Morgan fingerprint density at radius 1 is 1.31 bits per heavy atom. The van der Waals surface area contributed by atoms with Crippen molar-refractivity contribution in [3.05, 3.63) is 23.8 Å². The van der Waals surface area contributed by atoms with E-state index >= 15 is 0 Å². The van der Waals surface area contributed by atoms with Crippen molar-refractivity contribution in [2.45, 2.75) is 63.0 Å². The molecule has 8 atom stereocenters. The lowest BCUT2D eigenvalue weighted by Crippen LogP contribution is -2.69. The molecule has 4 rings (SSSR count). The third-order valence-corrected chi connectivity index (χ3v) is 10.5. The average molecular weight is 487 g/mol. The van der Waals surface area contributed by atoms with Crippen molar-refractivity contribution in [1.82, 2.24) is 0 Å². The van der Waals surface area contributed by atoms with E-state index in [4.69, 9.17) is 15.8 Å². The number of rotatable bonds is 4. The molecule has 0 radical (unpaired) electrons. The number of fused-ring (bicyclic) bond motifs is 5. The highest BCUT2D eigenvalue weighted by molar-refractivity contribution is 7.86. The zero-order valence-corrected chi connectivity index (χ0v) is 20.4. The molecule has 0 heterocycles. The highest BCUT2D eigenvalue weighted by Gasteiger charge is 2.74. The Balaban J connectivity index is 1.75. The molecule has 3 fully saturated rings. The Morgan fingerprint density at radius 2 is 1.97 bits per heavy atom. The van der Waals surface area contributed by atoms with Crippen LogP contribution in [0.25, 0.3) is 0 Å². The molecule has 0 bridgehead atoms. The van der Waals surface area contributed by atoms with Gasteiger partial charge in [-0.1, -0.05) is 32.4 Å². The van der Waals surface area contributed by atoms with Gasteiger partial charge >= 0.3 is 0 Å². The third kappa shape index (κ3) is 2.99. The summed E-state index contributed by atoms with van der Waals surface area (Å²) in [5.41, 5.74) is -2.67. The third-order valence-electron chi connectivity index (χ3n) is 9.05. The topological polar surface area (TPSA) is 118 Å². The minimum Gasteiger partial charge on any atom is -0.391 e. The fraction of sp³-hybridized carbons (Fsp3) is 0.739. The summed E-state index contributed by atoms with van der Waals surface area (Å²) in [6.45, 7) is 4.78. The summed E-state index contributed by atoms with van der Waals surface area (Å²) in [5, 5.41) is 23.2. The minimum atomic E-state index is -3.85. The molecule has 3 saturated carbocycles. The lowest BCUT2D eigenvalue weighted by Gasteiger charge is -2.63. The molecule has 178 valence electrons. The number of aliphatic hydroxyl groups is 2. The smallest absolute Gasteiger partial charge is 0.264 e. The first kappa shape index (κ1) is 24.1. The fourth-order valence-corrected chi connectivity index (χ4v) is 8.25. The molecule has 0 amide bonds. The van der Waals surface area contributed by atoms with Crippen molar-refractivity contribution in [3.8, 4) is 0 Å². The van der Waals surface area contributed by atoms with Gasteiger partial charge in [-0.05, 0) is 55.6 Å². The van der Waals surface area contributed by atoms with Gasteiger partial charge in [0, 0.05) is 10.8 Å². The zero-order valence-electron chi connectivity index (χ0n) is 18.8. The second-order valence-electron chi connectivity index (χ2n) is 10.6. The lowest BCUT2D eigenvalue weighted by atomic mass is 9.45. The maximum Gasteiger partial charge on any atom is 0.264 e. The van der Waals surface area contributed by atoms with E-state index < -0.39 is 55.8 Å². The van der Waals surface area contributed by atoms with E-state index in [2.05, 4.69) is 0 Å². The second-order valence-corrected chi connectivity index (χ2v) is 12.8. The number of allylic oxidation sites excluding steroid dienone is 4. The van der Waals surface area contributed by atoms with Crippen LogP contribution >= 0.6 is 11.6 Å². The van der Waals surface area contributed by atoms with Gasteiger partial charge in [-0.15, -0.1) is 11.6 Å². The molecule has 0 aliphatic heterocycles. The normalized spacial score (nSPS) is 48.0. The standard InChI is InChI=1S/C23H31ClO7S/c1-13-9-17-16-6-5-14-10-15(25)7-8-20(14,2)22(16,24)18(26)11-21(17,3)23(13,28)19(27)12-31-32(4,29)30/h7-8,10,13,16-18,26,28H,5-6,9,11-12H2,1-4H3/t13-,16+,17+,18+,20+,21+,22+,23+/m1/s1. The highest BCUT2D eigenvalue weighted by atomic mass is 35.5. The van der Waals surface area contributed by atoms with Crippen LogP contribution in [0.1, 0.15) is 46.5 Å². The zero-order chi connectivity index (χ0) is 23.9. The van der Waals surface area contributed by atoms with Crippen LogP contribution in [0.15, 0.2) is 23.8 Å². The number of carbonyl (C=O) groups is 2. The van der Waals surface area contributed by atoms with Gasteiger partial charge in [-0.2, -0.15) is 8.42 Å². The Hall–Kier alpha value is -1.06. The number of aliphatic hydroxyl groups excluding tert-OH is 1. The number of hydrogen-bond acceptors (Lipinski definition) is 7. The Bertz CT molecular complexity index is 1030. The van der Waals surface area contributed by atoms with E-state index in [1.165, 1.54) is 6.08 Å². The molecule has 4 aliphatic rings. The molecule has 0 spiro atoms. The lowest BCUT2D eigenvalue weighted by molar-refractivity contribution is -0.178. The van der Waals surface area contributed by atoms with Crippen LogP contribution < -0.4 is 0 Å². The number of Topliss-reactive ketones (excluding diaryl/α,β-unsaturated/α-hetero) is 1. The number of hydrogen-bond donors (Lipinski definition) is 2. The van der Waals surface area contributed by atoms with E-state index in [0.717, 1.165) is 11.8 Å². The average Bonchev–Trinajstić information content (AvgIpc) is 2.89. The summed E-state index contributed by atoms with van der Waals surface area (Å²) in [5.74, 6) is -1.63. The maximum absolute atomic E-state index is 13.1. The molecular formula is C23H31ClO7S. The van der Waals surface area contributed by atoms with E-state index in [9.17, 15) is 28.2 Å². The monoisotopic (exact) mass is 486 g/mol. The molecule has 7 nitrogen and oxygen atoms in total. The quantitative estimate of drug-likeness (QED) is 0.461. The number of halogens is 1. The van der Waals surface area contributed by atoms with Gasteiger partial charge in [-0.3, -0.25) is 13.8 Å². The van der Waals surface area contributed by atoms with Crippen molar-refractivity contribution >= 4 is 33.3 Å². The predicted molar refractivity (Wildman–Crippen MR) is 118 cm³/mol. The largest absolute Gasteiger partial charge is 0.391 e. The molecule has 0 aromatic rings. The van der Waals surface area contributed by atoms with E-state index in [1.54, 1.807) is 26.0 Å². The van der Waals surface area contributed by atoms with Crippen molar-refractivity contribution in [2.24, 2.45) is 28.6 Å². The molecule has 32 heavy (non-hydrogen) atoms. The van der Waals surface area contributed by atoms with Crippen LogP contribution in [-0.2, 0) is 23.9 Å². The molecular weight excluding hydrogens is 456 g/mol. The predicted octanol–water partition coefficient (Wildman–Crippen LogP) is 2.15. The summed E-state index contributed by atoms with van der Waals surface area (Å²) < 4.78 is 27.6. The number of ketones is 2. The highest BCUT2D eigenvalue weighted by Crippen LogP contribution is 2.71. The molecule has 9 heteroatoms. The molecule has 2 N–H and O–H groups in total. The van der Waals surface area contributed by atoms with Crippen molar-refractivity contribution < 1.29 is 32.4 Å². The Labute approximate surface area is 194 Å². The fourth-order valence-electron chi connectivity index (χ4n) is 7.41. The first-order valence-corrected chi connectivity index (χ1v) is 13.2. The van der Waals surface area contributed by atoms with Crippen LogP contribution in [0.2, 0.25) is 0 Å². The molecule has 4 aliphatic carbocycles. The van der Waals surface area contributed by atoms with E-state index in [-0.39, 0.29) is 24.0 Å². The number of alkyl halides is 1. The molecule has 0 aromatic heterocycles. The summed E-state index contributed by atoms with van der Waals surface area (Å²) >= 11 is 7.34. The molecule has 0 aromatic carbocycles. The van der Waals surface area contributed by atoms with E-state index in [1.807, 2.05) is 6.92 Å². The van der Waals surface area contributed by atoms with Gasteiger partial charge in [-0.25, -0.2) is 0 Å². The Morgan fingerprint density at radius 3 is 2.59 bits per heavy atom. The van der Waals surface area contributed by atoms with Gasteiger partial charge in [0.15, 0.2) is 11.6 Å². The van der Waals surface area contributed by atoms with Gasteiger partial charge in [0.1, 0.15) is 12.2 Å². The first-order chi connectivity index (χ1) is 14.6. The number of carbonyl (C=O) groups excluding carboxylic acids is 2. The van der Waals surface area contributed by atoms with Crippen LogP contribution in [0.3, 0.4) is 0 Å². The van der Waals surface area contributed by atoms with Gasteiger partial charge < -0.3 is 10.2 Å². The van der Waals surface area contributed by atoms with Crippen molar-refractivity contribution in [1.29, 1.82) is 0 Å². The van der Waals surface area contributed by atoms with Crippen molar-refractivity contribution in [3.63, 3.8) is 0 Å². The van der Waals surface area contributed by atoms with Gasteiger partial charge in [0.25, 0.3) is 10.1 Å². The van der Waals surface area contributed by atoms with Crippen LogP contribution in [-0.4, -0.2) is 59.6 Å². The van der Waals surface area contributed by atoms with Gasteiger partial charge in [0.05, 0.1) is 17.2 Å². The van der Waals surface area contributed by atoms with Gasteiger partial charge in [0.2, 0.25) is 0 Å². The summed E-state index contributed by atoms with van der Waals surface area (Å²) in [6.07, 6.45) is 6.57. The van der Waals surface area contributed by atoms with Crippen LogP contribution in [0.4, 0.5) is 0 Å². The SMILES string of the molecule is C[C@@H]1C[C@H]2[C@@H]3CCC4=CC(=O)C=C[C@]4(C)[C@@]3(Cl)[C@@H](O)C[C@]2(C)[C@@]1(O)C(=O)COS(C)(=O)=O. The summed E-state index contributed by atoms with van der Waals surface area (Å²) in [7, 11) is -3.85. The van der Waals surface area contributed by atoms with Crippen molar-refractivity contribution in [2.75, 3.05) is 12.9 Å². The second kappa shape index (κ2) is 7.22. The maximum atomic E-state index is 13.1. The minimum absolute atomic E-state index is 0.0772. The van der Waals surface area contributed by atoms with Crippen LogP contribution in [0.5, 0.6) is 0 Å². The van der Waals surface area contributed by atoms with Crippen LogP contribution in [0, 0.1) is 28.6 Å². The summed E-state index contributed by atoms with van der Waals surface area (Å²) in [4.78, 5) is 24.0. The molecule has 0 saturated heterocycles. The first-order valence-electron chi connectivity index (χ1n) is 11.0. The Kier molecular flexibility index (Phi) is 5.43. The summed E-state index contributed by atoms with van der Waals surface area (Å²) in [6, 6.07) is 0. The van der Waals surface area contributed by atoms with E-state index in [0.29, 0.717) is 19.3 Å².